The van der Waals surface area contributed by atoms with Gasteiger partial charge in [-0.1, -0.05) is 38.1 Å². The summed E-state index contributed by atoms with van der Waals surface area (Å²) in [5, 5.41) is 0. The molecule has 2 fully saturated rings. The molecule has 0 bridgehead atoms. The average Bonchev–Trinajstić information content (AvgIpc) is 2.74. The molecule has 2 aliphatic rings. The number of hydrogen-bond acceptors (Lipinski definition) is 3. The van der Waals surface area contributed by atoms with Gasteiger partial charge in [0.1, 0.15) is 0 Å². The zero-order chi connectivity index (χ0) is 18.7. The van der Waals surface area contributed by atoms with E-state index >= 15 is 0 Å². The van der Waals surface area contributed by atoms with Crippen LogP contribution in [0.25, 0.3) is 0 Å². The predicted octanol–water partition coefficient (Wildman–Crippen LogP) is 3.01. The highest BCUT2D eigenvalue weighted by molar-refractivity contribution is 5.76. The van der Waals surface area contributed by atoms with Gasteiger partial charge in [0.2, 0.25) is 5.91 Å². The molecule has 4 nitrogen and oxygen atoms in total. The van der Waals surface area contributed by atoms with Crippen LogP contribution in [0.5, 0.6) is 0 Å². The van der Waals surface area contributed by atoms with Crippen molar-refractivity contribution < 1.29 is 4.79 Å². The number of likely N-dealkylation sites (N-methyl/N-ethyl adjacent to an activating group) is 1. The number of carbonyl (C=O) groups is 1. The second-order valence-corrected chi connectivity index (χ2v) is 8.84. The van der Waals surface area contributed by atoms with Crippen molar-refractivity contribution in [3.05, 3.63) is 35.4 Å². The molecule has 1 aromatic carbocycles. The van der Waals surface area contributed by atoms with Crippen LogP contribution < -0.4 is 0 Å². The Kier molecular flexibility index (Phi) is 6.03. The topological polar surface area (TPSA) is 26.8 Å². The standard InChI is InChI=1S/C22H35N3O/c1-18(2)15-19-5-7-20(8-6-19)16-25-14-13-24(4)22(17-25)10-9-21(26)23(3)12-11-22/h5-8,18H,9-17H2,1-4H3. The Hall–Kier alpha value is -1.39. The molecular formula is C22H35N3O. The van der Waals surface area contributed by atoms with E-state index in [-0.39, 0.29) is 5.54 Å². The van der Waals surface area contributed by atoms with Gasteiger partial charge < -0.3 is 4.90 Å². The minimum Gasteiger partial charge on any atom is -0.346 e. The number of amides is 1. The van der Waals surface area contributed by atoms with Gasteiger partial charge in [-0.15, -0.1) is 0 Å². The summed E-state index contributed by atoms with van der Waals surface area (Å²) in [6.45, 7) is 9.69. The lowest BCUT2D eigenvalue weighted by atomic mass is 9.86. The maximum atomic E-state index is 12.1. The van der Waals surface area contributed by atoms with Crippen LogP contribution in [0.1, 0.15) is 44.2 Å². The SMILES string of the molecule is CC(C)Cc1ccc(CN2CCN(C)C3(CCC(=O)N(C)CC3)C2)cc1. The molecule has 26 heavy (non-hydrogen) atoms. The van der Waals surface area contributed by atoms with Gasteiger partial charge in [-0.3, -0.25) is 14.6 Å². The largest absolute Gasteiger partial charge is 0.346 e. The van der Waals surface area contributed by atoms with Gasteiger partial charge in [-0.05, 0) is 43.4 Å². The molecule has 0 saturated carbocycles. The summed E-state index contributed by atoms with van der Waals surface area (Å²) < 4.78 is 0. The Balaban J connectivity index is 1.65. The minimum atomic E-state index is 0.149. The van der Waals surface area contributed by atoms with Crippen molar-refractivity contribution >= 4 is 5.91 Å². The van der Waals surface area contributed by atoms with Crippen LogP contribution in [0.4, 0.5) is 0 Å². The van der Waals surface area contributed by atoms with E-state index in [1.54, 1.807) is 0 Å². The lowest BCUT2D eigenvalue weighted by Crippen LogP contribution is -2.60. The fraction of sp³-hybridized carbons (Fsp3) is 0.682. The molecule has 0 aliphatic carbocycles. The molecule has 1 atom stereocenters. The monoisotopic (exact) mass is 357 g/mol. The Morgan fingerprint density at radius 1 is 1.00 bits per heavy atom. The smallest absolute Gasteiger partial charge is 0.222 e. The van der Waals surface area contributed by atoms with Gasteiger partial charge in [0.25, 0.3) is 0 Å². The number of hydrogen-bond donors (Lipinski definition) is 0. The molecule has 2 aliphatic heterocycles. The molecule has 0 radical (unpaired) electrons. The van der Waals surface area contributed by atoms with Gasteiger partial charge in [-0.2, -0.15) is 0 Å². The molecular weight excluding hydrogens is 322 g/mol. The Labute approximate surface area is 159 Å². The third kappa shape index (κ3) is 4.47. The number of carbonyl (C=O) groups excluding carboxylic acids is 1. The van der Waals surface area contributed by atoms with Gasteiger partial charge in [-0.25, -0.2) is 0 Å². The van der Waals surface area contributed by atoms with Crippen LogP contribution in [0.3, 0.4) is 0 Å². The first-order valence-electron chi connectivity index (χ1n) is 10.1. The van der Waals surface area contributed by atoms with E-state index in [4.69, 9.17) is 0 Å². The number of piperazine rings is 1. The van der Waals surface area contributed by atoms with Gasteiger partial charge >= 0.3 is 0 Å². The highest BCUT2D eigenvalue weighted by Gasteiger charge is 2.41. The molecule has 1 spiro atoms. The highest BCUT2D eigenvalue weighted by atomic mass is 16.2. The van der Waals surface area contributed by atoms with Crippen LogP contribution >= 0.6 is 0 Å². The molecule has 0 N–H and O–H groups in total. The maximum absolute atomic E-state index is 12.1. The molecule has 1 aromatic rings. The molecule has 4 heteroatoms. The summed E-state index contributed by atoms with van der Waals surface area (Å²) in [7, 11) is 4.19. The summed E-state index contributed by atoms with van der Waals surface area (Å²) in [6.07, 6.45) is 3.89. The third-order valence-electron chi connectivity index (χ3n) is 6.29. The van der Waals surface area contributed by atoms with Crippen LogP contribution in [0, 0.1) is 5.92 Å². The lowest BCUT2D eigenvalue weighted by Gasteiger charge is -2.49. The van der Waals surface area contributed by atoms with Crippen LogP contribution in [-0.2, 0) is 17.8 Å². The van der Waals surface area contributed by atoms with E-state index in [1.807, 2.05) is 11.9 Å². The molecule has 2 heterocycles. The minimum absolute atomic E-state index is 0.149. The number of likely N-dealkylation sites (tertiary alicyclic amines) is 1. The summed E-state index contributed by atoms with van der Waals surface area (Å²) in [4.78, 5) is 19.1. The summed E-state index contributed by atoms with van der Waals surface area (Å²) >= 11 is 0. The third-order valence-corrected chi connectivity index (χ3v) is 6.29. The van der Waals surface area contributed by atoms with Crippen LogP contribution in [0.2, 0.25) is 0 Å². The molecule has 1 unspecified atom stereocenters. The number of rotatable bonds is 4. The fourth-order valence-electron chi connectivity index (χ4n) is 4.49. The molecule has 0 aromatic heterocycles. The van der Waals surface area contributed by atoms with Crippen molar-refractivity contribution in [2.24, 2.45) is 5.92 Å². The summed E-state index contributed by atoms with van der Waals surface area (Å²) in [5.41, 5.74) is 2.99. The number of benzene rings is 1. The molecule has 2 saturated heterocycles. The van der Waals surface area contributed by atoms with Gasteiger partial charge in [0.15, 0.2) is 0 Å². The normalized spacial score (nSPS) is 25.9. The van der Waals surface area contributed by atoms with Crippen molar-refractivity contribution in [1.82, 2.24) is 14.7 Å². The van der Waals surface area contributed by atoms with Crippen molar-refractivity contribution in [3.8, 4) is 0 Å². The van der Waals surface area contributed by atoms with Crippen molar-refractivity contribution in [2.75, 3.05) is 40.3 Å². The van der Waals surface area contributed by atoms with Crippen molar-refractivity contribution in [2.45, 2.75) is 51.6 Å². The Morgan fingerprint density at radius 2 is 1.69 bits per heavy atom. The zero-order valence-corrected chi connectivity index (χ0v) is 17.0. The van der Waals surface area contributed by atoms with E-state index in [0.29, 0.717) is 18.2 Å². The maximum Gasteiger partial charge on any atom is 0.222 e. The fourth-order valence-corrected chi connectivity index (χ4v) is 4.49. The lowest BCUT2D eigenvalue weighted by molar-refractivity contribution is -0.129. The predicted molar refractivity (Wildman–Crippen MR) is 107 cm³/mol. The summed E-state index contributed by atoms with van der Waals surface area (Å²) in [5.74, 6) is 1.00. The number of nitrogens with zero attached hydrogens (tertiary/aromatic N) is 3. The van der Waals surface area contributed by atoms with Crippen molar-refractivity contribution in [3.63, 3.8) is 0 Å². The van der Waals surface area contributed by atoms with Crippen LogP contribution in [-0.4, -0.2) is 66.4 Å². The quantitative estimate of drug-likeness (QED) is 0.829. The second-order valence-electron chi connectivity index (χ2n) is 8.84. The first kappa shape index (κ1) is 19.4. The average molecular weight is 358 g/mol. The first-order valence-corrected chi connectivity index (χ1v) is 10.1. The zero-order valence-electron chi connectivity index (χ0n) is 17.0. The highest BCUT2D eigenvalue weighted by Crippen LogP contribution is 2.32. The van der Waals surface area contributed by atoms with E-state index in [9.17, 15) is 4.79 Å². The van der Waals surface area contributed by atoms with Gasteiger partial charge in [0.05, 0.1) is 0 Å². The van der Waals surface area contributed by atoms with Crippen LogP contribution in [0.15, 0.2) is 24.3 Å². The molecule has 3 rings (SSSR count). The van der Waals surface area contributed by atoms with E-state index < -0.39 is 0 Å². The van der Waals surface area contributed by atoms with Crippen molar-refractivity contribution in [1.29, 1.82) is 0 Å². The first-order chi connectivity index (χ1) is 12.4. The van der Waals surface area contributed by atoms with Gasteiger partial charge in [0, 0.05) is 51.7 Å². The molecule has 1 amide bonds. The Bertz CT molecular complexity index is 612. The van der Waals surface area contributed by atoms with E-state index in [2.05, 4.69) is 55.0 Å². The second kappa shape index (κ2) is 8.10. The summed E-state index contributed by atoms with van der Waals surface area (Å²) in [6, 6.07) is 9.18. The van der Waals surface area contributed by atoms with E-state index in [0.717, 1.165) is 52.0 Å². The molecule has 144 valence electrons. The Morgan fingerprint density at radius 3 is 2.38 bits per heavy atom. The van der Waals surface area contributed by atoms with E-state index in [1.165, 1.54) is 11.1 Å².